The summed E-state index contributed by atoms with van der Waals surface area (Å²) in [7, 11) is 0. The van der Waals surface area contributed by atoms with Crippen LogP contribution in [0.4, 0.5) is 4.39 Å². The first-order chi connectivity index (χ1) is 29.4. The Kier molecular flexibility index (Phi) is 18.9. The number of hydrogen-bond acceptors (Lipinski definition) is 0. The number of hydrogen-bond donors (Lipinski definition) is 0. The predicted octanol–water partition coefficient (Wildman–Crippen LogP) is 18.5. The van der Waals surface area contributed by atoms with E-state index in [2.05, 4.69) is 87.5 Å². The van der Waals surface area contributed by atoms with Crippen LogP contribution in [-0.2, 0) is 12.8 Å². The van der Waals surface area contributed by atoms with Gasteiger partial charge < -0.3 is 0 Å². The topological polar surface area (TPSA) is 0 Å². The van der Waals surface area contributed by atoms with Crippen LogP contribution in [0.5, 0.6) is 0 Å². The van der Waals surface area contributed by atoms with Gasteiger partial charge in [0.05, 0.1) is 0 Å². The van der Waals surface area contributed by atoms with Crippen LogP contribution in [0.1, 0.15) is 182 Å². The molecule has 0 nitrogen and oxygen atoms in total. The van der Waals surface area contributed by atoms with Crippen molar-refractivity contribution in [3.8, 4) is 22.3 Å². The molecule has 0 N–H and O–H groups in total. The van der Waals surface area contributed by atoms with Gasteiger partial charge in [-0.25, -0.2) is 4.39 Å². The Bertz CT molecular complexity index is 1850. The summed E-state index contributed by atoms with van der Waals surface area (Å²) in [4.78, 5) is 0. The van der Waals surface area contributed by atoms with Gasteiger partial charge in [-0.15, -0.1) is 0 Å². The molecule has 7 rings (SSSR count). The van der Waals surface area contributed by atoms with Crippen molar-refractivity contribution in [1.82, 2.24) is 0 Å². The SMILES string of the molecule is CCCCCC1CCC(c2ccc(-c3ccc(C4CCC(CCCCC)CC4)cc3)cc2)CC1.CCCCCc1ccc(-c2ccc(Cc3ccc(Cl)cc3)cc2)c(F)c1. The summed E-state index contributed by atoms with van der Waals surface area (Å²) in [6, 6.07) is 40.8. The third-order valence-electron chi connectivity index (χ3n) is 13.9. The maximum absolute atomic E-state index is 14.5. The first-order valence-corrected chi connectivity index (χ1v) is 24.6. The first kappa shape index (κ1) is 45.8. The van der Waals surface area contributed by atoms with Crippen molar-refractivity contribution < 1.29 is 4.39 Å². The second kappa shape index (κ2) is 24.7. The molecule has 0 amide bonds. The van der Waals surface area contributed by atoms with Gasteiger partial charge in [-0.2, -0.15) is 0 Å². The van der Waals surface area contributed by atoms with E-state index in [1.54, 1.807) is 17.2 Å². The summed E-state index contributed by atoms with van der Waals surface area (Å²) < 4.78 is 14.5. The van der Waals surface area contributed by atoms with E-state index in [1.165, 1.54) is 138 Å². The fourth-order valence-corrected chi connectivity index (χ4v) is 10.1. The standard InChI is InChI=1S/C34H50.C24H24ClF/c1-3-5-7-9-27-11-15-29(16-12-27)31-19-23-33(24-20-31)34-25-21-32(22-26-34)30-17-13-28(14-18-30)10-8-6-4-2;1-2-3-4-5-18-10-15-23(24(26)17-18)21-11-6-19(7-12-21)16-20-8-13-22(25)14-9-20/h19-30H,3-18H2,1-2H3;6-15,17H,2-5,16H2,1H3. The summed E-state index contributed by atoms with van der Waals surface area (Å²) in [5.41, 5.74) is 11.0. The van der Waals surface area contributed by atoms with E-state index >= 15 is 0 Å². The molecule has 0 saturated heterocycles. The van der Waals surface area contributed by atoms with E-state index < -0.39 is 0 Å². The molecular formula is C58H74ClF. The van der Waals surface area contributed by atoms with Gasteiger partial charge in [0, 0.05) is 10.6 Å². The van der Waals surface area contributed by atoms with Crippen molar-refractivity contribution in [2.45, 2.75) is 167 Å². The van der Waals surface area contributed by atoms with E-state index in [9.17, 15) is 4.39 Å². The highest BCUT2D eigenvalue weighted by molar-refractivity contribution is 6.30. The van der Waals surface area contributed by atoms with Crippen molar-refractivity contribution in [3.05, 3.63) is 154 Å². The molecule has 320 valence electrons. The fraction of sp³-hybridized carbons (Fsp3) is 0.483. The van der Waals surface area contributed by atoms with Crippen LogP contribution in [0.2, 0.25) is 5.02 Å². The molecule has 0 bridgehead atoms. The number of halogens is 2. The van der Waals surface area contributed by atoms with Gasteiger partial charge >= 0.3 is 0 Å². The van der Waals surface area contributed by atoms with Gasteiger partial charge in [0.2, 0.25) is 0 Å². The Morgan fingerprint density at radius 2 is 0.867 bits per heavy atom. The number of benzene rings is 5. The average molecular weight is 826 g/mol. The lowest BCUT2D eigenvalue weighted by Gasteiger charge is -2.29. The summed E-state index contributed by atoms with van der Waals surface area (Å²) in [5, 5.41) is 0.748. The Hall–Kier alpha value is -3.68. The maximum atomic E-state index is 14.5. The van der Waals surface area contributed by atoms with Gasteiger partial charge in [0.25, 0.3) is 0 Å². The lowest BCUT2D eigenvalue weighted by atomic mass is 9.76. The molecule has 2 heteroatoms. The monoisotopic (exact) mass is 825 g/mol. The van der Waals surface area contributed by atoms with Gasteiger partial charge in [0.15, 0.2) is 0 Å². The van der Waals surface area contributed by atoms with Gasteiger partial charge in [-0.1, -0.05) is 194 Å². The van der Waals surface area contributed by atoms with Crippen LogP contribution < -0.4 is 0 Å². The minimum Gasteiger partial charge on any atom is -0.206 e. The molecule has 0 atom stereocenters. The van der Waals surface area contributed by atoms with E-state index in [4.69, 9.17) is 11.6 Å². The number of unbranched alkanes of at least 4 members (excludes halogenated alkanes) is 6. The molecule has 2 fully saturated rings. The number of rotatable bonds is 18. The molecule has 60 heavy (non-hydrogen) atoms. The highest BCUT2D eigenvalue weighted by Crippen LogP contribution is 2.40. The van der Waals surface area contributed by atoms with Gasteiger partial charge in [0.1, 0.15) is 5.82 Å². The average Bonchev–Trinajstić information content (AvgIpc) is 3.29. The van der Waals surface area contributed by atoms with Crippen molar-refractivity contribution in [1.29, 1.82) is 0 Å². The quantitative estimate of drug-likeness (QED) is 0.0772. The van der Waals surface area contributed by atoms with Crippen molar-refractivity contribution in [3.63, 3.8) is 0 Å². The summed E-state index contributed by atoms with van der Waals surface area (Å²) >= 11 is 5.93. The molecule has 0 aromatic heterocycles. The molecule has 0 heterocycles. The van der Waals surface area contributed by atoms with Crippen LogP contribution in [0, 0.1) is 17.7 Å². The smallest absolute Gasteiger partial charge is 0.131 e. The molecule has 2 aliphatic carbocycles. The minimum absolute atomic E-state index is 0.135. The van der Waals surface area contributed by atoms with E-state index in [0.717, 1.165) is 59.1 Å². The van der Waals surface area contributed by atoms with Crippen molar-refractivity contribution in [2.75, 3.05) is 0 Å². The molecule has 2 aliphatic rings. The molecule has 0 aliphatic heterocycles. The molecule has 2 saturated carbocycles. The van der Waals surface area contributed by atoms with Crippen LogP contribution in [0.15, 0.2) is 115 Å². The van der Waals surface area contributed by atoms with Crippen molar-refractivity contribution >= 4 is 11.6 Å². The zero-order valence-electron chi connectivity index (χ0n) is 37.4. The zero-order valence-corrected chi connectivity index (χ0v) is 38.1. The summed E-state index contributed by atoms with van der Waals surface area (Å²) in [5.74, 6) is 3.43. The summed E-state index contributed by atoms with van der Waals surface area (Å²) in [6.45, 7) is 6.81. The second-order valence-corrected chi connectivity index (χ2v) is 18.9. The molecule has 0 spiro atoms. The normalized spacial score (nSPS) is 19.1. The second-order valence-electron chi connectivity index (χ2n) is 18.4. The van der Waals surface area contributed by atoms with E-state index in [1.807, 2.05) is 42.5 Å². The summed E-state index contributed by atoms with van der Waals surface area (Å²) in [6.07, 6.45) is 28.0. The molecule has 0 unspecified atom stereocenters. The highest BCUT2D eigenvalue weighted by atomic mass is 35.5. The Morgan fingerprint density at radius 1 is 0.450 bits per heavy atom. The predicted molar refractivity (Wildman–Crippen MR) is 259 cm³/mol. The Morgan fingerprint density at radius 3 is 1.32 bits per heavy atom. The third kappa shape index (κ3) is 14.2. The Balaban J connectivity index is 0.000000209. The Labute approximate surface area is 369 Å². The molecule has 0 radical (unpaired) electrons. The number of aryl methyl sites for hydroxylation is 1. The zero-order chi connectivity index (χ0) is 41.9. The van der Waals surface area contributed by atoms with Crippen LogP contribution in [0.25, 0.3) is 22.3 Å². The largest absolute Gasteiger partial charge is 0.206 e. The molecule has 5 aromatic rings. The van der Waals surface area contributed by atoms with E-state index in [-0.39, 0.29) is 5.82 Å². The van der Waals surface area contributed by atoms with Crippen LogP contribution >= 0.6 is 11.6 Å². The lowest BCUT2D eigenvalue weighted by Crippen LogP contribution is -2.13. The van der Waals surface area contributed by atoms with Crippen molar-refractivity contribution in [2.24, 2.45) is 11.8 Å². The maximum Gasteiger partial charge on any atom is 0.131 e. The third-order valence-corrected chi connectivity index (χ3v) is 14.2. The van der Waals surface area contributed by atoms with E-state index in [0.29, 0.717) is 5.56 Å². The highest BCUT2D eigenvalue weighted by Gasteiger charge is 2.23. The minimum atomic E-state index is -0.135. The molecular weight excluding hydrogens is 751 g/mol. The van der Waals surface area contributed by atoms with Gasteiger partial charge in [-0.3, -0.25) is 0 Å². The molecule has 5 aromatic carbocycles. The first-order valence-electron chi connectivity index (χ1n) is 24.2. The van der Waals surface area contributed by atoms with Crippen LogP contribution in [-0.4, -0.2) is 0 Å². The fourth-order valence-electron chi connectivity index (χ4n) is 10.00. The van der Waals surface area contributed by atoms with Crippen LogP contribution in [0.3, 0.4) is 0 Å². The van der Waals surface area contributed by atoms with Gasteiger partial charge in [-0.05, 0) is 157 Å². The lowest BCUT2D eigenvalue weighted by molar-refractivity contribution is 0.303.